The van der Waals surface area contributed by atoms with Crippen LogP contribution < -0.4 is 5.73 Å². The number of hydrogen-bond acceptors (Lipinski definition) is 4. The Balaban J connectivity index is 2.51. The van der Waals surface area contributed by atoms with Gasteiger partial charge in [-0.2, -0.15) is 0 Å². The molecule has 0 unspecified atom stereocenters. The molecule has 1 aromatic carbocycles. The number of rotatable bonds is 1. The molecule has 0 atom stereocenters. The van der Waals surface area contributed by atoms with E-state index in [9.17, 15) is 0 Å². The molecule has 1 radical (unpaired) electrons. The Labute approximate surface area is 69.0 Å². The Bertz CT molecular complexity index is 369. The lowest BCUT2D eigenvalue weighted by molar-refractivity contribution is 0.310. The van der Waals surface area contributed by atoms with Crippen molar-refractivity contribution in [3.8, 4) is 11.3 Å². The molecule has 2 aromatic rings. The average Bonchev–Trinajstić information content (AvgIpc) is 2.53. The van der Waals surface area contributed by atoms with Gasteiger partial charge in [-0.3, -0.25) is 0 Å². The third kappa shape index (κ3) is 1.03. The Kier molecular flexibility index (Phi) is 1.51. The number of aromatic nitrogens is 2. The molecule has 2 N–H and O–H groups in total. The molecule has 12 heavy (non-hydrogen) atoms. The first-order valence-electron chi connectivity index (χ1n) is 3.42. The van der Waals surface area contributed by atoms with E-state index >= 15 is 0 Å². The van der Waals surface area contributed by atoms with E-state index in [1.54, 1.807) is 12.1 Å². The monoisotopic (exact) mass is 160 g/mol. The highest BCUT2D eigenvalue weighted by molar-refractivity contribution is 5.68. The first-order chi connectivity index (χ1) is 5.88. The molecule has 2 rings (SSSR count). The van der Waals surface area contributed by atoms with Gasteiger partial charge in [-0.15, -0.1) is 0 Å². The zero-order valence-electron chi connectivity index (χ0n) is 6.19. The quantitative estimate of drug-likeness (QED) is 0.678. The summed E-state index contributed by atoms with van der Waals surface area (Å²) in [5, 5.41) is 7.13. The van der Waals surface area contributed by atoms with Crippen molar-refractivity contribution in [1.82, 2.24) is 10.3 Å². The molecule has 0 saturated heterocycles. The highest BCUT2D eigenvalue weighted by Gasteiger charge is 2.06. The van der Waals surface area contributed by atoms with Gasteiger partial charge in [0.2, 0.25) is 0 Å². The third-order valence-electron chi connectivity index (χ3n) is 1.49. The summed E-state index contributed by atoms with van der Waals surface area (Å²) in [6.45, 7) is 0. The van der Waals surface area contributed by atoms with E-state index in [1.165, 1.54) is 0 Å². The van der Waals surface area contributed by atoms with Crippen molar-refractivity contribution in [3.05, 3.63) is 30.3 Å². The maximum Gasteiger partial charge on any atom is 0.196 e. The van der Waals surface area contributed by atoms with Gasteiger partial charge in [0.15, 0.2) is 11.5 Å². The summed E-state index contributed by atoms with van der Waals surface area (Å²) >= 11 is 0. The minimum Gasteiger partial charge on any atom is -0.379 e. The van der Waals surface area contributed by atoms with E-state index in [1.807, 2.05) is 12.1 Å². The van der Waals surface area contributed by atoms with Crippen LogP contribution in [-0.2, 0) is 0 Å². The fraction of sp³-hybridized carbons (Fsp3) is 0. The van der Waals surface area contributed by atoms with E-state index < -0.39 is 0 Å². The maximum absolute atomic E-state index is 5.49. The molecular weight excluding hydrogens is 154 g/mol. The molecule has 59 valence electrons. The van der Waals surface area contributed by atoms with Gasteiger partial charge in [-0.05, 0) is 22.4 Å². The van der Waals surface area contributed by atoms with Crippen molar-refractivity contribution in [2.24, 2.45) is 0 Å². The second-order valence-corrected chi connectivity index (χ2v) is 2.29. The van der Waals surface area contributed by atoms with Crippen LogP contribution in [0.2, 0.25) is 0 Å². The summed E-state index contributed by atoms with van der Waals surface area (Å²) in [7, 11) is 0. The summed E-state index contributed by atoms with van der Waals surface area (Å²) in [6.07, 6.45) is 0. The number of nitrogens with zero attached hydrogens (tertiary/aromatic N) is 2. The lowest BCUT2D eigenvalue weighted by atomic mass is 10.2. The van der Waals surface area contributed by atoms with Gasteiger partial charge in [-0.25, -0.2) is 4.63 Å². The van der Waals surface area contributed by atoms with Gasteiger partial charge in [0.1, 0.15) is 0 Å². The molecule has 4 heteroatoms. The SMILES string of the molecule is Nc1nonc1-c1c[c]ccc1. The van der Waals surface area contributed by atoms with Crippen molar-refractivity contribution in [2.75, 3.05) is 5.73 Å². The molecule has 0 spiro atoms. The van der Waals surface area contributed by atoms with Crippen LogP contribution in [0, 0.1) is 6.07 Å². The van der Waals surface area contributed by atoms with Crippen LogP contribution >= 0.6 is 0 Å². The standard InChI is InChI=1S/C8H6N3O/c9-8-7(10-12-11-8)6-4-2-1-3-5-6/h1-2,4-5H,(H2,9,11). The van der Waals surface area contributed by atoms with Gasteiger partial charge >= 0.3 is 0 Å². The van der Waals surface area contributed by atoms with Crippen molar-refractivity contribution in [2.45, 2.75) is 0 Å². The molecule has 0 aliphatic rings. The van der Waals surface area contributed by atoms with E-state index in [0.717, 1.165) is 5.56 Å². The Morgan fingerprint density at radius 1 is 1.42 bits per heavy atom. The van der Waals surface area contributed by atoms with Crippen LogP contribution in [-0.4, -0.2) is 10.3 Å². The molecule has 0 bridgehead atoms. The van der Waals surface area contributed by atoms with Crippen LogP contribution in [0.3, 0.4) is 0 Å². The molecule has 0 aliphatic carbocycles. The van der Waals surface area contributed by atoms with E-state index in [0.29, 0.717) is 11.5 Å². The largest absolute Gasteiger partial charge is 0.379 e. The molecular formula is C8H6N3O. The van der Waals surface area contributed by atoms with Gasteiger partial charge in [0, 0.05) is 5.56 Å². The molecule has 1 aromatic heterocycles. The van der Waals surface area contributed by atoms with Crippen LogP contribution in [0.5, 0.6) is 0 Å². The summed E-state index contributed by atoms with van der Waals surface area (Å²) in [5.74, 6) is 0.301. The number of benzene rings is 1. The molecule has 4 nitrogen and oxygen atoms in total. The van der Waals surface area contributed by atoms with Crippen LogP contribution in [0.4, 0.5) is 5.82 Å². The summed E-state index contributed by atoms with van der Waals surface area (Å²) < 4.78 is 4.46. The average molecular weight is 160 g/mol. The molecule has 0 saturated carbocycles. The Morgan fingerprint density at radius 3 is 2.92 bits per heavy atom. The smallest absolute Gasteiger partial charge is 0.196 e. The molecule has 0 fully saturated rings. The summed E-state index contributed by atoms with van der Waals surface area (Å²) in [6, 6.07) is 10.2. The summed E-state index contributed by atoms with van der Waals surface area (Å²) in [4.78, 5) is 0. The Morgan fingerprint density at radius 2 is 2.33 bits per heavy atom. The van der Waals surface area contributed by atoms with Gasteiger partial charge in [0.05, 0.1) is 0 Å². The van der Waals surface area contributed by atoms with Crippen molar-refractivity contribution in [3.63, 3.8) is 0 Å². The molecule has 0 amide bonds. The van der Waals surface area contributed by atoms with E-state index in [4.69, 9.17) is 5.73 Å². The van der Waals surface area contributed by atoms with Crippen LogP contribution in [0.15, 0.2) is 28.9 Å². The first-order valence-corrected chi connectivity index (χ1v) is 3.42. The van der Waals surface area contributed by atoms with Crippen LogP contribution in [0.25, 0.3) is 11.3 Å². The van der Waals surface area contributed by atoms with E-state index in [2.05, 4.69) is 21.0 Å². The predicted octanol–water partition coefficient (Wildman–Crippen LogP) is 1.12. The Hall–Kier alpha value is -1.84. The minimum absolute atomic E-state index is 0.301. The number of anilines is 1. The predicted molar refractivity (Wildman–Crippen MR) is 43.0 cm³/mol. The number of nitrogen functional groups attached to an aromatic ring is 1. The topological polar surface area (TPSA) is 64.9 Å². The third-order valence-corrected chi connectivity index (χ3v) is 1.49. The van der Waals surface area contributed by atoms with Crippen molar-refractivity contribution in [1.29, 1.82) is 0 Å². The van der Waals surface area contributed by atoms with Crippen molar-refractivity contribution < 1.29 is 4.63 Å². The minimum atomic E-state index is 0.301. The summed E-state index contributed by atoms with van der Waals surface area (Å²) in [5.41, 5.74) is 6.91. The molecule has 1 heterocycles. The number of nitrogens with two attached hydrogens (primary N) is 1. The lowest BCUT2D eigenvalue weighted by Gasteiger charge is -1.92. The van der Waals surface area contributed by atoms with Gasteiger partial charge in [-0.1, -0.05) is 18.2 Å². The second-order valence-electron chi connectivity index (χ2n) is 2.29. The zero-order valence-corrected chi connectivity index (χ0v) is 6.19. The zero-order chi connectivity index (χ0) is 8.39. The van der Waals surface area contributed by atoms with E-state index in [-0.39, 0.29) is 0 Å². The fourth-order valence-corrected chi connectivity index (χ4v) is 0.936. The maximum atomic E-state index is 5.49. The van der Waals surface area contributed by atoms with Crippen LogP contribution in [0.1, 0.15) is 0 Å². The number of hydrogen-bond donors (Lipinski definition) is 1. The normalized spacial score (nSPS) is 10.0. The fourth-order valence-electron chi connectivity index (χ4n) is 0.936. The van der Waals surface area contributed by atoms with Crippen molar-refractivity contribution >= 4 is 5.82 Å². The highest BCUT2D eigenvalue weighted by Crippen LogP contribution is 2.20. The lowest BCUT2D eigenvalue weighted by Crippen LogP contribution is -1.87. The molecule has 0 aliphatic heterocycles. The second kappa shape index (κ2) is 2.65. The van der Waals surface area contributed by atoms with Gasteiger partial charge in [0.25, 0.3) is 0 Å². The van der Waals surface area contributed by atoms with Gasteiger partial charge < -0.3 is 5.73 Å². The highest BCUT2D eigenvalue weighted by atomic mass is 16.6. The first kappa shape index (κ1) is 6.84.